The standard InChI is InChI=1S/C11H20N4O2/c1-8(2)15-10(12-7-13-15)6-14(4)5-9(3)11(16)17/h7-9H,5-6H2,1-4H3,(H,16,17). The van der Waals surface area contributed by atoms with Gasteiger partial charge in [0.05, 0.1) is 12.5 Å². The minimum atomic E-state index is -0.776. The molecule has 1 atom stereocenters. The quantitative estimate of drug-likeness (QED) is 0.803. The summed E-state index contributed by atoms with van der Waals surface area (Å²) in [5.41, 5.74) is 0. The maximum absolute atomic E-state index is 10.8. The molecule has 0 aromatic carbocycles. The van der Waals surface area contributed by atoms with E-state index in [1.54, 1.807) is 6.92 Å². The molecular formula is C11H20N4O2. The molecule has 0 saturated carbocycles. The van der Waals surface area contributed by atoms with Crippen LogP contribution >= 0.6 is 0 Å². The number of carbonyl (C=O) groups is 1. The number of carboxylic acids is 1. The number of nitrogens with zero attached hydrogens (tertiary/aromatic N) is 4. The largest absolute Gasteiger partial charge is 0.481 e. The SMILES string of the molecule is CC(CN(C)Cc1ncnn1C(C)C)C(=O)O. The fraction of sp³-hybridized carbons (Fsp3) is 0.727. The first kappa shape index (κ1) is 13.6. The maximum Gasteiger partial charge on any atom is 0.307 e. The van der Waals surface area contributed by atoms with Gasteiger partial charge in [0.25, 0.3) is 0 Å². The number of aliphatic carboxylic acids is 1. The molecule has 0 radical (unpaired) electrons. The molecule has 0 amide bonds. The van der Waals surface area contributed by atoms with Crippen molar-refractivity contribution in [2.24, 2.45) is 5.92 Å². The van der Waals surface area contributed by atoms with Crippen LogP contribution in [0.25, 0.3) is 0 Å². The van der Waals surface area contributed by atoms with Gasteiger partial charge in [0.1, 0.15) is 12.2 Å². The van der Waals surface area contributed by atoms with Gasteiger partial charge in [-0.2, -0.15) is 5.10 Å². The van der Waals surface area contributed by atoms with E-state index in [0.29, 0.717) is 13.1 Å². The predicted octanol–water partition coefficient (Wildman–Crippen LogP) is 1.01. The Morgan fingerprint density at radius 2 is 2.18 bits per heavy atom. The Morgan fingerprint density at radius 1 is 1.53 bits per heavy atom. The lowest BCUT2D eigenvalue weighted by molar-refractivity contribution is -0.141. The first-order valence-electron chi connectivity index (χ1n) is 5.71. The fourth-order valence-corrected chi connectivity index (χ4v) is 1.67. The molecule has 0 bridgehead atoms. The average Bonchev–Trinajstić information content (AvgIpc) is 2.65. The van der Waals surface area contributed by atoms with Crippen molar-refractivity contribution >= 4 is 5.97 Å². The molecule has 1 rings (SSSR count). The van der Waals surface area contributed by atoms with Crippen LogP contribution < -0.4 is 0 Å². The molecule has 1 aromatic rings. The molecule has 96 valence electrons. The highest BCUT2D eigenvalue weighted by Crippen LogP contribution is 2.08. The van der Waals surface area contributed by atoms with Gasteiger partial charge < -0.3 is 5.11 Å². The van der Waals surface area contributed by atoms with Gasteiger partial charge >= 0.3 is 5.97 Å². The van der Waals surface area contributed by atoms with E-state index in [2.05, 4.69) is 10.1 Å². The van der Waals surface area contributed by atoms with Gasteiger partial charge in [-0.1, -0.05) is 6.92 Å². The van der Waals surface area contributed by atoms with Crippen LogP contribution in [0.5, 0.6) is 0 Å². The third-order valence-electron chi connectivity index (χ3n) is 2.55. The Bertz CT molecular complexity index is 375. The number of hydrogen-bond donors (Lipinski definition) is 1. The molecule has 1 aromatic heterocycles. The van der Waals surface area contributed by atoms with Crippen LogP contribution in [0, 0.1) is 5.92 Å². The summed E-state index contributed by atoms with van der Waals surface area (Å²) in [6, 6.07) is 0.262. The summed E-state index contributed by atoms with van der Waals surface area (Å²) in [5, 5.41) is 13.0. The molecule has 1 heterocycles. The van der Waals surface area contributed by atoms with Crippen LogP contribution in [0.1, 0.15) is 32.6 Å². The smallest absolute Gasteiger partial charge is 0.307 e. The topological polar surface area (TPSA) is 71.2 Å². The lowest BCUT2D eigenvalue weighted by Gasteiger charge is -2.19. The molecule has 0 aliphatic carbocycles. The predicted molar refractivity (Wildman–Crippen MR) is 63.5 cm³/mol. The second kappa shape index (κ2) is 5.77. The number of rotatable bonds is 6. The summed E-state index contributed by atoms with van der Waals surface area (Å²) in [5.74, 6) is -0.294. The normalized spacial score (nSPS) is 13.3. The van der Waals surface area contributed by atoms with Gasteiger partial charge in [-0.05, 0) is 20.9 Å². The van der Waals surface area contributed by atoms with Gasteiger partial charge in [0.2, 0.25) is 0 Å². The second-order valence-corrected chi connectivity index (χ2v) is 4.65. The summed E-state index contributed by atoms with van der Waals surface area (Å²) < 4.78 is 1.85. The zero-order valence-corrected chi connectivity index (χ0v) is 10.8. The van der Waals surface area contributed by atoms with Crippen molar-refractivity contribution in [2.45, 2.75) is 33.4 Å². The number of aromatic nitrogens is 3. The highest BCUT2D eigenvalue weighted by molar-refractivity contribution is 5.69. The van der Waals surface area contributed by atoms with Gasteiger partial charge in [0, 0.05) is 12.6 Å². The zero-order chi connectivity index (χ0) is 13.0. The van der Waals surface area contributed by atoms with Crippen LogP contribution in [0.2, 0.25) is 0 Å². The molecule has 0 aliphatic heterocycles. The second-order valence-electron chi connectivity index (χ2n) is 4.65. The van der Waals surface area contributed by atoms with Gasteiger partial charge in [0.15, 0.2) is 0 Å². The third-order valence-corrected chi connectivity index (χ3v) is 2.55. The lowest BCUT2D eigenvalue weighted by Crippen LogP contribution is -2.29. The number of carboxylic acid groups (broad SMARTS) is 1. The Kier molecular flexibility index (Phi) is 4.62. The van der Waals surface area contributed by atoms with E-state index >= 15 is 0 Å². The van der Waals surface area contributed by atoms with Crippen LogP contribution in [0.4, 0.5) is 0 Å². The van der Waals surface area contributed by atoms with Gasteiger partial charge in [-0.3, -0.25) is 9.69 Å². The summed E-state index contributed by atoms with van der Waals surface area (Å²) in [7, 11) is 1.89. The Morgan fingerprint density at radius 3 is 2.71 bits per heavy atom. The van der Waals surface area contributed by atoms with E-state index in [1.165, 1.54) is 6.33 Å². The van der Waals surface area contributed by atoms with E-state index in [1.807, 2.05) is 30.5 Å². The monoisotopic (exact) mass is 240 g/mol. The highest BCUT2D eigenvalue weighted by Gasteiger charge is 2.16. The first-order chi connectivity index (χ1) is 7.91. The zero-order valence-electron chi connectivity index (χ0n) is 10.8. The lowest BCUT2D eigenvalue weighted by atomic mass is 10.2. The molecular weight excluding hydrogens is 220 g/mol. The average molecular weight is 240 g/mol. The highest BCUT2D eigenvalue weighted by atomic mass is 16.4. The van der Waals surface area contributed by atoms with E-state index in [-0.39, 0.29) is 12.0 Å². The van der Waals surface area contributed by atoms with Gasteiger partial charge in [-0.15, -0.1) is 0 Å². The molecule has 6 nitrogen and oxygen atoms in total. The Balaban J connectivity index is 2.59. The van der Waals surface area contributed by atoms with Crippen LogP contribution in [0.15, 0.2) is 6.33 Å². The van der Waals surface area contributed by atoms with Crippen LogP contribution in [0.3, 0.4) is 0 Å². The van der Waals surface area contributed by atoms with Crippen molar-refractivity contribution in [3.63, 3.8) is 0 Å². The van der Waals surface area contributed by atoms with Gasteiger partial charge in [-0.25, -0.2) is 9.67 Å². The molecule has 1 unspecified atom stereocenters. The van der Waals surface area contributed by atoms with E-state index in [0.717, 1.165) is 5.82 Å². The summed E-state index contributed by atoms with van der Waals surface area (Å²) in [6.45, 7) is 6.89. The van der Waals surface area contributed by atoms with Crippen molar-refractivity contribution in [3.8, 4) is 0 Å². The van der Waals surface area contributed by atoms with Crippen molar-refractivity contribution in [1.82, 2.24) is 19.7 Å². The van der Waals surface area contributed by atoms with E-state index < -0.39 is 5.97 Å². The van der Waals surface area contributed by atoms with Crippen LogP contribution in [-0.2, 0) is 11.3 Å². The van der Waals surface area contributed by atoms with Crippen molar-refractivity contribution in [1.29, 1.82) is 0 Å². The molecule has 0 aliphatic rings. The van der Waals surface area contributed by atoms with Crippen molar-refractivity contribution < 1.29 is 9.90 Å². The van der Waals surface area contributed by atoms with E-state index in [4.69, 9.17) is 5.11 Å². The summed E-state index contributed by atoms with van der Waals surface area (Å²) in [6.07, 6.45) is 1.53. The molecule has 0 spiro atoms. The molecule has 0 saturated heterocycles. The Hall–Kier alpha value is -1.43. The number of hydrogen-bond acceptors (Lipinski definition) is 4. The maximum atomic E-state index is 10.8. The minimum Gasteiger partial charge on any atom is -0.481 e. The van der Waals surface area contributed by atoms with E-state index in [9.17, 15) is 4.79 Å². The molecule has 6 heteroatoms. The Labute approximate surface area is 101 Å². The molecule has 0 fully saturated rings. The van der Waals surface area contributed by atoms with Crippen molar-refractivity contribution in [2.75, 3.05) is 13.6 Å². The van der Waals surface area contributed by atoms with Crippen molar-refractivity contribution in [3.05, 3.63) is 12.2 Å². The minimum absolute atomic E-state index is 0.262. The summed E-state index contributed by atoms with van der Waals surface area (Å²) in [4.78, 5) is 16.9. The fourth-order valence-electron chi connectivity index (χ4n) is 1.67. The summed E-state index contributed by atoms with van der Waals surface area (Å²) >= 11 is 0. The molecule has 17 heavy (non-hydrogen) atoms. The first-order valence-corrected chi connectivity index (χ1v) is 5.71. The molecule has 1 N–H and O–H groups in total. The van der Waals surface area contributed by atoms with Crippen LogP contribution in [-0.4, -0.2) is 44.3 Å². The third kappa shape index (κ3) is 3.81.